The van der Waals surface area contributed by atoms with Crippen LogP contribution in [0.1, 0.15) is 41.2 Å². The van der Waals surface area contributed by atoms with Crippen molar-refractivity contribution in [3.8, 4) is 0 Å². The SMILES string of the molecule is CCc1ccc(N=c2sc(C(C)=O)c(C)n2CCC[NH+]2CCOCC2)cc1. The third-order valence-corrected chi connectivity index (χ3v) is 6.44. The second-order valence-electron chi connectivity index (χ2n) is 7.10. The number of thiazole rings is 1. The zero-order valence-corrected chi connectivity index (χ0v) is 17.4. The van der Waals surface area contributed by atoms with Crippen molar-refractivity contribution >= 4 is 22.8 Å². The predicted molar refractivity (Wildman–Crippen MR) is 109 cm³/mol. The number of quaternary nitrogens is 1. The summed E-state index contributed by atoms with van der Waals surface area (Å²) in [5.74, 6) is 0.118. The molecule has 1 aliphatic heterocycles. The van der Waals surface area contributed by atoms with Gasteiger partial charge >= 0.3 is 0 Å². The Balaban J connectivity index is 1.81. The molecule has 6 heteroatoms. The maximum Gasteiger partial charge on any atom is 0.190 e. The third-order valence-electron chi connectivity index (χ3n) is 5.16. The molecule has 0 radical (unpaired) electrons. The van der Waals surface area contributed by atoms with Gasteiger partial charge in [0.25, 0.3) is 0 Å². The van der Waals surface area contributed by atoms with Crippen LogP contribution in [-0.2, 0) is 17.7 Å². The highest BCUT2D eigenvalue weighted by atomic mass is 32.1. The van der Waals surface area contributed by atoms with E-state index in [0.29, 0.717) is 0 Å². The average Bonchev–Trinajstić information content (AvgIpc) is 2.99. The normalized spacial score (nSPS) is 16.0. The van der Waals surface area contributed by atoms with Crippen LogP contribution < -0.4 is 9.70 Å². The van der Waals surface area contributed by atoms with Gasteiger partial charge in [-0.1, -0.05) is 30.4 Å². The lowest BCUT2D eigenvalue weighted by atomic mass is 10.2. The Labute approximate surface area is 165 Å². The third kappa shape index (κ3) is 5.15. The van der Waals surface area contributed by atoms with E-state index < -0.39 is 0 Å². The summed E-state index contributed by atoms with van der Waals surface area (Å²) in [6.07, 6.45) is 2.10. The summed E-state index contributed by atoms with van der Waals surface area (Å²) in [5.41, 5.74) is 3.28. The molecule has 1 aromatic carbocycles. The van der Waals surface area contributed by atoms with Gasteiger partial charge in [-0.25, -0.2) is 4.99 Å². The minimum atomic E-state index is 0.118. The largest absolute Gasteiger partial charge is 0.370 e. The Morgan fingerprint density at radius 1 is 1.26 bits per heavy atom. The van der Waals surface area contributed by atoms with Crippen molar-refractivity contribution in [3.05, 3.63) is 45.2 Å². The number of benzene rings is 1. The summed E-state index contributed by atoms with van der Waals surface area (Å²) in [5, 5.41) is 0. The molecule has 27 heavy (non-hydrogen) atoms. The van der Waals surface area contributed by atoms with Gasteiger partial charge in [0.05, 0.1) is 30.3 Å². The molecule has 1 saturated heterocycles. The van der Waals surface area contributed by atoms with Crippen molar-refractivity contribution in [3.63, 3.8) is 0 Å². The van der Waals surface area contributed by atoms with Crippen molar-refractivity contribution in [2.45, 2.75) is 40.2 Å². The quantitative estimate of drug-likeness (QED) is 0.739. The lowest BCUT2D eigenvalue weighted by Gasteiger charge is -2.23. The Hall–Kier alpha value is -1.76. The van der Waals surface area contributed by atoms with Crippen molar-refractivity contribution in [1.82, 2.24) is 4.57 Å². The van der Waals surface area contributed by atoms with Gasteiger partial charge in [-0.15, -0.1) is 0 Å². The van der Waals surface area contributed by atoms with Crippen LogP contribution in [0.5, 0.6) is 0 Å². The highest BCUT2D eigenvalue weighted by Crippen LogP contribution is 2.17. The van der Waals surface area contributed by atoms with Gasteiger partial charge in [-0.05, 0) is 31.0 Å². The molecule has 1 aliphatic rings. The van der Waals surface area contributed by atoms with Crippen LogP contribution in [0.15, 0.2) is 29.3 Å². The highest BCUT2D eigenvalue weighted by Gasteiger charge is 2.16. The fraction of sp³-hybridized carbons (Fsp3) is 0.524. The summed E-state index contributed by atoms with van der Waals surface area (Å²) < 4.78 is 7.66. The number of nitrogens with zero attached hydrogens (tertiary/aromatic N) is 2. The van der Waals surface area contributed by atoms with Gasteiger partial charge in [-0.2, -0.15) is 0 Å². The highest BCUT2D eigenvalue weighted by molar-refractivity contribution is 7.11. The van der Waals surface area contributed by atoms with Gasteiger partial charge in [0.1, 0.15) is 13.1 Å². The summed E-state index contributed by atoms with van der Waals surface area (Å²) in [7, 11) is 0. The van der Waals surface area contributed by atoms with Crippen LogP contribution in [0.2, 0.25) is 0 Å². The Bertz CT molecular complexity index is 830. The van der Waals surface area contributed by atoms with E-state index >= 15 is 0 Å². The summed E-state index contributed by atoms with van der Waals surface area (Å²) in [6.45, 7) is 11.8. The van der Waals surface area contributed by atoms with E-state index in [-0.39, 0.29) is 5.78 Å². The van der Waals surface area contributed by atoms with Crippen LogP contribution in [0.3, 0.4) is 0 Å². The molecule has 1 N–H and O–H groups in total. The van der Waals surface area contributed by atoms with Crippen LogP contribution in [0.4, 0.5) is 5.69 Å². The van der Waals surface area contributed by atoms with Crippen molar-refractivity contribution in [2.75, 3.05) is 32.8 Å². The maximum atomic E-state index is 12.0. The summed E-state index contributed by atoms with van der Waals surface area (Å²) in [4.78, 5) is 20.2. The first kappa shape index (κ1) is 20.0. The van der Waals surface area contributed by atoms with E-state index in [1.165, 1.54) is 16.9 Å². The predicted octanol–water partition coefficient (Wildman–Crippen LogP) is 2.16. The molecule has 0 spiro atoms. The second-order valence-corrected chi connectivity index (χ2v) is 8.08. The smallest absolute Gasteiger partial charge is 0.190 e. The van der Waals surface area contributed by atoms with Crippen molar-refractivity contribution in [2.24, 2.45) is 4.99 Å². The Morgan fingerprint density at radius 2 is 1.96 bits per heavy atom. The van der Waals surface area contributed by atoms with Gasteiger partial charge < -0.3 is 14.2 Å². The standard InChI is InChI=1S/C21H29N3O2S/c1-4-18-6-8-19(9-7-18)22-21-24(16(2)20(27-21)17(3)25)11-5-10-23-12-14-26-15-13-23/h6-9H,4-5,10-15H2,1-3H3/p+1. The molecule has 0 bridgehead atoms. The van der Waals surface area contributed by atoms with Crippen molar-refractivity contribution in [1.29, 1.82) is 0 Å². The van der Waals surface area contributed by atoms with Crippen LogP contribution >= 0.6 is 11.3 Å². The molecular weight excluding hydrogens is 358 g/mol. The lowest BCUT2D eigenvalue weighted by molar-refractivity contribution is -0.908. The average molecular weight is 389 g/mol. The number of hydrogen-bond acceptors (Lipinski definition) is 4. The fourth-order valence-electron chi connectivity index (χ4n) is 3.47. The molecule has 2 heterocycles. The molecular formula is C21H30N3O2S+. The maximum absolute atomic E-state index is 12.0. The summed E-state index contributed by atoms with van der Waals surface area (Å²) in [6, 6.07) is 8.36. The number of rotatable bonds is 7. The minimum absolute atomic E-state index is 0.118. The minimum Gasteiger partial charge on any atom is -0.370 e. The molecule has 0 atom stereocenters. The van der Waals surface area contributed by atoms with Gasteiger partial charge in [0, 0.05) is 25.6 Å². The van der Waals surface area contributed by atoms with E-state index in [4.69, 9.17) is 9.73 Å². The van der Waals surface area contributed by atoms with E-state index in [2.05, 4.69) is 35.8 Å². The van der Waals surface area contributed by atoms with Gasteiger partial charge in [0.15, 0.2) is 10.6 Å². The van der Waals surface area contributed by atoms with Gasteiger partial charge in [0.2, 0.25) is 0 Å². The lowest BCUT2D eigenvalue weighted by Crippen LogP contribution is -3.14. The molecule has 3 rings (SSSR count). The molecule has 0 saturated carbocycles. The monoisotopic (exact) mass is 388 g/mol. The van der Waals surface area contributed by atoms with Gasteiger partial charge in [-0.3, -0.25) is 4.79 Å². The first-order valence-corrected chi connectivity index (χ1v) is 10.7. The number of nitrogens with one attached hydrogen (secondary N) is 1. The molecule has 0 unspecified atom stereocenters. The molecule has 1 aromatic heterocycles. The van der Waals surface area contributed by atoms with Crippen LogP contribution in [0.25, 0.3) is 0 Å². The number of aryl methyl sites for hydroxylation is 1. The molecule has 0 aliphatic carbocycles. The van der Waals surface area contributed by atoms with Crippen molar-refractivity contribution < 1.29 is 14.4 Å². The topological polar surface area (TPSA) is 48.0 Å². The van der Waals surface area contributed by atoms with E-state index in [1.54, 1.807) is 11.8 Å². The van der Waals surface area contributed by atoms with E-state index in [1.807, 2.05) is 6.92 Å². The zero-order valence-electron chi connectivity index (χ0n) is 16.6. The molecule has 0 amide bonds. The molecule has 2 aromatic rings. The number of ether oxygens (including phenoxy) is 1. The first-order chi connectivity index (χ1) is 13.1. The van der Waals surface area contributed by atoms with E-state index in [0.717, 1.165) is 73.3 Å². The number of carbonyl (C=O) groups is 1. The summed E-state index contributed by atoms with van der Waals surface area (Å²) >= 11 is 1.50. The number of hydrogen-bond donors (Lipinski definition) is 1. The van der Waals surface area contributed by atoms with Crippen LogP contribution in [-0.4, -0.2) is 43.2 Å². The molecule has 5 nitrogen and oxygen atoms in total. The number of carbonyl (C=O) groups excluding carboxylic acids is 1. The first-order valence-electron chi connectivity index (χ1n) is 9.84. The Morgan fingerprint density at radius 3 is 2.59 bits per heavy atom. The van der Waals surface area contributed by atoms with E-state index in [9.17, 15) is 4.79 Å². The Kier molecular flexibility index (Phi) is 6.99. The molecule has 1 fully saturated rings. The fourth-order valence-corrected chi connectivity index (χ4v) is 4.55. The van der Waals surface area contributed by atoms with Crippen LogP contribution in [0, 0.1) is 6.92 Å². The number of ketones is 1. The number of aromatic nitrogens is 1. The number of Topliss-reactive ketones (excluding diaryl/α,β-unsaturated/α-hetero) is 1. The molecule has 146 valence electrons. The number of morpholine rings is 1. The second kappa shape index (κ2) is 9.44. The zero-order chi connectivity index (χ0) is 19.2.